The van der Waals surface area contributed by atoms with Gasteiger partial charge in [0.05, 0.1) is 6.04 Å². The van der Waals surface area contributed by atoms with Crippen molar-refractivity contribution in [3.63, 3.8) is 0 Å². The van der Waals surface area contributed by atoms with Gasteiger partial charge in [-0.1, -0.05) is 51.1 Å². The first-order valence-corrected chi connectivity index (χ1v) is 7.06. The van der Waals surface area contributed by atoms with Crippen LogP contribution >= 0.6 is 0 Å². The van der Waals surface area contributed by atoms with E-state index in [-0.39, 0.29) is 11.5 Å². The molecule has 0 radical (unpaired) electrons. The summed E-state index contributed by atoms with van der Waals surface area (Å²) in [6.07, 6.45) is 0. The van der Waals surface area contributed by atoms with Crippen LogP contribution in [0.3, 0.4) is 0 Å². The number of nitrogens with one attached hydrogen (secondary N) is 1. The van der Waals surface area contributed by atoms with E-state index in [0.29, 0.717) is 5.56 Å². The summed E-state index contributed by atoms with van der Waals surface area (Å²) in [5.41, 5.74) is 2.96. The highest BCUT2D eigenvalue weighted by molar-refractivity contribution is 5.40. The van der Waals surface area contributed by atoms with Gasteiger partial charge in [-0.2, -0.15) is 0 Å². The highest BCUT2D eigenvalue weighted by atomic mass is 19.2. The Morgan fingerprint density at radius 3 is 2.19 bits per heavy atom. The molecule has 112 valence electrons. The van der Waals surface area contributed by atoms with Crippen LogP contribution in [-0.4, -0.2) is 7.05 Å². The third-order valence-corrected chi connectivity index (χ3v) is 3.65. The van der Waals surface area contributed by atoms with Crippen LogP contribution in [0.4, 0.5) is 8.78 Å². The minimum Gasteiger partial charge on any atom is -0.309 e. The average Bonchev–Trinajstić information content (AvgIpc) is 2.43. The van der Waals surface area contributed by atoms with E-state index in [1.54, 1.807) is 6.07 Å². The first kappa shape index (κ1) is 15.6. The Balaban J connectivity index is 2.54. The van der Waals surface area contributed by atoms with E-state index in [4.69, 9.17) is 0 Å². The summed E-state index contributed by atoms with van der Waals surface area (Å²) in [5, 5.41) is 3.20. The van der Waals surface area contributed by atoms with Gasteiger partial charge in [0.2, 0.25) is 0 Å². The number of benzene rings is 2. The number of hydrogen-bond acceptors (Lipinski definition) is 1. The van der Waals surface area contributed by atoms with Crippen molar-refractivity contribution >= 4 is 0 Å². The summed E-state index contributed by atoms with van der Waals surface area (Å²) in [6.45, 7) is 6.43. The molecule has 0 aromatic heterocycles. The molecule has 0 fully saturated rings. The lowest BCUT2D eigenvalue weighted by Crippen LogP contribution is -2.23. The third kappa shape index (κ3) is 3.30. The maximum atomic E-state index is 13.5. The van der Waals surface area contributed by atoms with E-state index >= 15 is 0 Å². The van der Waals surface area contributed by atoms with Crippen molar-refractivity contribution in [3.05, 3.63) is 70.8 Å². The lowest BCUT2D eigenvalue weighted by molar-refractivity contribution is 0.504. The molecule has 1 atom stereocenters. The minimum absolute atomic E-state index is 0.0235. The van der Waals surface area contributed by atoms with Crippen LogP contribution in [0.1, 0.15) is 43.5 Å². The van der Waals surface area contributed by atoms with Crippen molar-refractivity contribution in [1.29, 1.82) is 0 Å². The van der Waals surface area contributed by atoms with Gasteiger partial charge < -0.3 is 5.32 Å². The van der Waals surface area contributed by atoms with Gasteiger partial charge in [-0.15, -0.1) is 0 Å². The molecule has 2 aromatic carbocycles. The zero-order valence-electron chi connectivity index (χ0n) is 12.9. The molecule has 0 heterocycles. The van der Waals surface area contributed by atoms with Gasteiger partial charge in [0.15, 0.2) is 11.6 Å². The zero-order chi connectivity index (χ0) is 15.6. The Labute approximate surface area is 125 Å². The molecule has 0 saturated carbocycles. The molecule has 0 spiro atoms. The Kier molecular flexibility index (Phi) is 4.43. The molecule has 0 saturated heterocycles. The lowest BCUT2D eigenvalue weighted by Gasteiger charge is -2.27. The number of halogens is 2. The second kappa shape index (κ2) is 5.94. The normalized spacial score (nSPS) is 13.2. The molecular formula is C18H21F2N. The molecule has 2 rings (SSSR count). The molecule has 0 aliphatic carbocycles. The van der Waals surface area contributed by atoms with Gasteiger partial charge >= 0.3 is 0 Å². The molecule has 0 aliphatic heterocycles. The van der Waals surface area contributed by atoms with Gasteiger partial charge in [-0.05, 0) is 41.3 Å². The molecule has 3 heteroatoms. The Bertz CT molecular complexity index is 629. The molecule has 0 aliphatic rings. The molecule has 1 unspecified atom stereocenters. The Hall–Kier alpha value is -1.74. The van der Waals surface area contributed by atoms with Gasteiger partial charge in [0.25, 0.3) is 0 Å². The van der Waals surface area contributed by atoms with Crippen LogP contribution in [0.25, 0.3) is 0 Å². The Morgan fingerprint density at radius 2 is 1.62 bits per heavy atom. The number of rotatable bonds is 3. The zero-order valence-corrected chi connectivity index (χ0v) is 12.9. The van der Waals surface area contributed by atoms with Gasteiger partial charge in [-0.3, -0.25) is 0 Å². The fourth-order valence-electron chi connectivity index (χ4n) is 2.63. The average molecular weight is 289 g/mol. The smallest absolute Gasteiger partial charge is 0.159 e. The largest absolute Gasteiger partial charge is 0.309 e. The summed E-state index contributed by atoms with van der Waals surface area (Å²) in [5.74, 6) is -1.64. The van der Waals surface area contributed by atoms with E-state index < -0.39 is 11.6 Å². The van der Waals surface area contributed by atoms with E-state index in [1.807, 2.05) is 25.2 Å². The molecule has 1 nitrogen and oxygen atoms in total. The molecule has 2 aromatic rings. The second-order valence-electron chi connectivity index (χ2n) is 6.23. The van der Waals surface area contributed by atoms with Crippen LogP contribution in [0.2, 0.25) is 0 Å². The van der Waals surface area contributed by atoms with E-state index in [0.717, 1.165) is 5.56 Å². The predicted octanol–water partition coefficient (Wildman–Crippen LogP) is 4.57. The first-order valence-electron chi connectivity index (χ1n) is 7.06. The van der Waals surface area contributed by atoms with E-state index in [9.17, 15) is 8.78 Å². The summed E-state index contributed by atoms with van der Waals surface area (Å²) in [7, 11) is 1.82. The SMILES string of the molecule is CNC(c1ccc(F)c(F)c1)c1ccccc1C(C)(C)C. The fraction of sp³-hybridized carbons (Fsp3) is 0.333. The van der Waals surface area contributed by atoms with Crippen LogP contribution in [0, 0.1) is 11.6 Å². The minimum atomic E-state index is -0.822. The molecule has 1 N–H and O–H groups in total. The predicted molar refractivity (Wildman–Crippen MR) is 82.4 cm³/mol. The van der Waals surface area contributed by atoms with Gasteiger partial charge in [0.1, 0.15) is 0 Å². The van der Waals surface area contributed by atoms with Crippen molar-refractivity contribution < 1.29 is 8.78 Å². The third-order valence-electron chi connectivity index (χ3n) is 3.65. The number of hydrogen-bond donors (Lipinski definition) is 1. The standard InChI is InChI=1S/C18H21F2N/c1-18(2,3)14-8-6-5-7-13(14)17(21-4)12-9-10-15(19)16(20)11-12/h5-11,17,21H,1-4H3. The van der Waals surface area contributed by atoms with Crippen molar-refractivity contribution in [1.82, 2.24) is 5.32 Å². The van der Waals surface area contributed by atoms with Crippen molar-refractivity contribution in [2.24, 2.45) is 0 Å². The van der Waals surface area contributed by atoms with Crippen molar-refractivity contribution in [2.45, 2.75) is 32.2 Å². The van der Waals surface area contributed by atoms with E-state index in [2.05, 4.69) is 32.2 Å². The first-order chi connectivity index (χ1) is 9.84. The molecule has 21 heavy (non-hydrogen) atoms. The van der Waals surface area contributed by atoms with E-state index in [1.165, 1.54) is 17.7 Å². The maximum absolute atomic E-state index is 13.5. The topological polar surface area (TPSA) is 12.0 Å². The molecular weight excluding hydrogens is 268 g/mol. The van der Waals surface area contributed by atoms with Crippen LogP contribution in [0.5, 0.6) is 0 Å². The highest BCUT2D eigenvalue weighted by Crippen LogP contribution is 2.32. The summed E-state index contributed by atoms with van der Waals surface area (Å²) >= 11 is 0. The Morgan fingerprint density at radius 1 is 0.952 bits per heavy atom. The lowest BCUT2D eigenvalue weighted by atomic mass is 9.80. The monoisotopic (exact) mass is 289 g/mol. The van der Waals surface area contributed by atoms with Gasteiger partial charge in [-0.25, -0.2) is 8.78 Å². The van der Waals surface area contributed by atoms with Crippen LogP contribution in [-0.2, 0) is 5.41 Å². The second-order valence-corrected chi connectivity index (χ2v) is 6.23. The van der Waals surface area contributed by atoms with Crippen molar-refractivity contribution in [3.8, 4) is 0 Å². The van der Waals surface area contributed by atoms with Gasteiger partial charge in [0, 0.05) is 0 Å². The fourth-order valence-corrected chi connectivity index (χ4v) is 2.63. The van der Waals surface area contributed by atoms with Crippen molar-refractivity contribution in [2.75, 3.05) is 7.05 Å². The summed E-state index contributed by atoms with van der Waals surface area (Å²) in [4.78, 5) is 0. The highest BCUT2D eigenvalue weighted by Gasteiger charge is 2.23. The maximum Gasteiger partial charge on any atom is 0.159 e. The summed E-state index contributed by atoms with van der Waals surface area (Å²) < 4.78 is 26.7. The summed E-state index contributed by atoms with van der Waals surface area (Å²) in [6, 6.07) is 12.0. The quantitative estimate of drug-likeness (QED) is 0.872. The molecule has 0 amide bonds. The van der Waals surface area contributed by atoms with Crippen LogP contribution < -0.4 is 5.32 Å². The molecule has 0 bridgehead atoms. The van der Waals surface area contributed by atoms with Crippen LogP contribution in [0.15, 0.2) is 42.5 Å².